The highest BCUT2D eigenvalue weighted by molar-refractivity contribution is 7.99. The molecule has 1 aliphatic heterocycles. The second-order valence-corrected chi connectivity index (χ2v) is 7.52. The van der Waals surface area contributed by atoms with Crippen molar-refractivity contribution in [3.63, 3.8) is 0 Å². The Morgan fingerprint density at radius 3 is 2.71 bits per heavy atom. The zero-order valence-corrected chi connectivity index (χ0v) is 15.7. The number of rotatable bonds is 5. The number of nitrogens with zero attached hydrogens (tertiary/aromatic N) is 3. The van der Waals surface area contributed by atoms with E-state index in [-0.39, 0.29) is 11.9 Å². The molecule has 0 aliphatic carbocycles. The lowest BCUT2D eigenvalue weighted by molar-refractivity contribution is -0.117. The summed E-state index contributed by atoms with van der Waals surface area (Å²) in [6, 6.07) is 13.8. The van der Waals surface area contributed by atoms with Crippen LogP contribution in [0.15, 0.2) is 59.8 Å². The minimum absolute atomic E-state index is 0.130. The molecule has 1 atom stereocenters. The van der Waals surface area contributed by atoms with Gasteiger partial charge in [-0.15, -0.1) is 0 Å². The van der Waals surface area contributed by atoms with E-state index in [1.54, 1.807) is 24.3 Å². The van der Waals surface area contributed by atoms with Crippen LogP contribution in [-0.2, 0) is 4.79 Å². The van der Waals surface area contributed by atoms with Gasteiger partial charge in [0.1, 0.15) is 18.2 Å². The zero-order chi connectivity index (χ0) is 19.5. The van der Waals surface area contributed by atoms with Crippen molar-refractivity contribution in [3.05, 3.63) is 54.9 Å². The molecule has 1 amide bonds. The van der Waals surface area contributed by atoms with E-state index in [1.165, 1.54) is 6.33 Å². The molecule has 1 saturated heterocycles. The lowest BCUT2D eigenvalue weighted by Gasteiger charge is -2.25. The molecule has 0 bridgehead atoms. The van der Waals surface area contributed by atoms with E-state index in [9.17, 15) is 13.6 Å². The highest BCUT2D eigenvalue weighted by Crippen LogP contribution is 2.30. The van der Waals surface area contributed by atoms with Crippen LogP contribution in [0.1, 0.15) is 12.8 Å². The van der Waals surface area contributed by atoms with Crippen LogP contribution in [0.2, 0.25) is 0 Å². The molecule has 1 aliphatic rings. The topological polar surface area (TPSA) is 58.1 Å². The first-order valence-electron chi connectivity index (χ1n) is 8.94. The lowest BCUT2D eigenvalue weighted by atomic mass is 10.1. The number of para-hydroxylation sites is 1. The van der Waals surface area contributed by atoms with Crippen LogP contribution in [0.5, 0.6) is 0 Å². The van der Waals surface area contributed by atoms with Crippen molar-refractivity contribution >= 4 is 40.1 Å². The average Bonchev–Trinajstić information content (AvgIpc) is 3.18. The van der Waals surface area contributed by atoms with Crippen LogP contribution < -0.4 is 10.2 Å². The van der Waals surface area contributed by atoms with Crippen LogP contribution in [0.3, 0.4) is 0 Å². The maximum Gasteiger partial charge on any atom is 0.288 e. The summed E-state index contributed by atoms with van der Waals surface area (Å²) < 4.78 is 24.9. The number of nitrogens with one attached hydrogen (secondary N) is 1. The summed E-state index contributed by atoms with van der Waals surface area (Å²) in [6.45, 7) is 0.739. The standard InChI is InChI=1S/C20H18F2N4OS/c21-20(22)28-14-9-7-13(8-10-14)25-19(27)17-6-3-11-26(17)18-15-4-1-2-5-16(15)23-12-24-18/h1-2,4-5,7-10,12,17,20H,3,6,11H2,(H,25,27). The summed E-state index contributed by atoms with van der Waals surface area (Å²) in [4.78, 5) is 24.1. The Morgan fingerprint density at radius 2 is 1.93 bits per heavy atom. The summed E-state index contributed by atoms with van der Waals surface area (Å²) in [5, 5.41) is 3.81. The number of thioether (sulfide) groups is 1. The number of anilines is 2. The molecule has 8 heteroatoms. The first-order chi connectivity index (χ1) is 13.6. The van der Waals surface area contributed by atoms with Gasteiger partial charge in [0, 0.05) is 22.5 Å². The fourth-order valence-electron chi connectivity index (χ4n) is 3.46. The Bertz CT molecular complexity index is 978. The molecule has 1 unspecified atom stereocenters. The summed E-state index contributed by atoms with van der Waals surface area (Å²) in [5.41, 5.74) is 1.42. The van der Waals surface area contributed by atoms with Gasteiger partial charge in [-0.25, -0.2) is 9.97 Å². The Morgan fingerprint density at radius 1 is 1.14 bits per heavy atom. The van der Waals surface area contributed by atoms with Gasteiger partial charge in [-0.05, 0) is 49.2 Å². The minimum atomic E-state index is -2.46. The Hall–Kier alpha value is -2.74. The van der Waals surface area contributed by atoms with E-state index in [4.69, 9.17) is 0 Å². The Balaban J connectivity index is 1.52. The molecule has 2 heterocycles. The van der Waals surface area contributed by atoms with E-state index in [2.05, 4.69) is 15.3 Å². The summed E-state index contributed by atoms with van der Waals surface area (Å²) >= 11 is 0.482. The van der Waals surface area contributed by atoms with Gasteiger partial charge < -0.3 is 10.2 Å². The second-order valence-electron chi connectivity index (χ2n) is 6.46. The third kappa shape index (κ3) is 3.91. The molecule has 4 rings (SSSR count). The fourth-order valence-corrected chi connectivity index (χ4v) is 3.96. The summed E-state index contributed by atoms with van der Waals surface area (Å²) in [7, 11) is 0. The van der Waals surface area contributed by atoms with Crippen LogP contribution in [0.4, 0.5) is 20.3 Å². The average molecular weight is 400 g/mol. The van der Waals surface area contributed by atoms with Gasteiger partial charge in [0.15, 0.2) is 0 Å². The van der Waals surface area contributed by atoms with Crippen molar-refractivity contribution in [2.45, 2.75) is 29.5 Å². The maximum absolute atomic E-state index is 12.9. The SMILES string of the molecule is O=C(Nc1ccc(SC(F)F)cc1)C1CCCN1c1ncnc2ccccc12. The molecule has 144 valence electrons. The van der Waals surface area contributed by atoms with Crippen molar-refractivity contribution in [2.75, 3.05) is 16.8 Å². The molecular weight excluding hydrogens is 382 g/mol. The molecule has 2 aromatic carbocycles. The van der Waals surface area contributed by atoms with Crippen molar-refractivity contribution < 1.29 is 13.6 Å². The molecule has 1 fully saturated rings. The first-order valence-corrected chi connectivity index (χ1v) is 9.82. The number of hydrogen-bond donors (Lipinski definition) is 1. The molecule has 28 heavy (non-hydrogen) atoms. The van der Waals surface area contributed by atoms with E-state index in [0.29, 0.717) is 22.3 Å². The molecular formula is C20H18F2N4OS. The van der Waals surface area contributed by atoms with Gasteiger partial charge in [0.25, 0.3) is 5.76 Å². The number of amides is 1. The van der Waals surface area contributed by atoms with Crippen molar-refractivity contribution in [2.24, 2.45) is 0 Å². The number of alkyl halides is 2. The number of fused-ring (bicyclic) bond motifs is 1. The smallest absolute Gasteiger partial charge is 0.288 e. The van der Waals surface area contributed by atoms with E-state index in [0.717, 1.165) is 36.1 Å². The van der Waals surface area contributed by atoms with Crippen molar-refractivity contribution in [3.8, 4) is 0 Å². The van der Waals surface area contributed by atoms with Gasteiger partial charge in [0.05, 0.1) is 5.52 Å². The van der Waals surface area contributed by atoms with Crippen LogP contribution >= 0.6 is 11.8 Å². The number of halogens is 2. The molecule has 1 N–H and O–H groups in total. The molecule has 1 aromatic heterocycles. The molecule has 5 nitrogen and oxygen atoms in total. The van der Waals surface area contributed by atoms with Gasteiger partial charge in [0.2, 0.25) is 5.91 Å². The van der Waals surface area contributed by atoms with E-state index < -0.39 is 5.76 Å². The Labute approximate surface area is 165 Å². The lowest BCUT2D eigenvalue weighted by Crippen LogP contribution is -2.40. The van der Waals surface area contributed by atoms with Gasteiger partial charge in [-0.1, -0.05) is 23.9 Å². The van der Waals surface area contributed by atoms with Gasteiger partial charge >= 0.3 is 0 Å². The first kappa shape index (κ1) is 18.6. The Kier molecular flexibility index (Phi) is 5.38. The van der Waals surface area contributed by atoms with E-state index >= 15 is 0 Å². The highest BCUT2D eigenvalue weighted by atomic mass is 32.2. The van der Waals surface area contributed by atoms with Crippen molar-refractivity contribution in [1.29, 1.82) is 0 Å². The number of carbonyl (C=O) groups is 1. The quantitative estimate of drug-likeness (QED) is 0.637. The second kappa shape index (κ2) is 8.10. The largest absolute Gasteiger partial charge is 0.344 e. The van der Waals surface area contributed by atoms with Crippen LogP contribution in [0, 0.1) is 0 Å². The fraction of sp³-hybridized carbons (Fsp3) is 0.250. The number of aromatic nitrogens is 2. The number of carbonyl (C=O) groups excluding carboxylic acids is 1. The molecule has 0 saturated carbocycles. The van der Waals surface area contributed by atoms with Crippen molar-refractivity contribution in [1.82, 2.24) is 9.97 Å². The van der Waals surface area contributed by atoms with Crippen LogP contribution in [-0.4, -0.2) is 34.2 Å². The molecule has 0 radical (unpaired) electrons. The minimum Gasteiger partial charge on any atom is -0.344 e. The third-order valence-electron chi connectivity index (χ3n) is 4.70. The van der Waals surface area contributed by atoms with Gasteiger partial charge in [-0.2, -0.15) is 8.78 Å². The number of benzene rings is 2. The van der Waals surface area contributed by atoms with Crippen LogP contribution in [0.25, 0.3) is 10.9 Å². The predicted octanol–water partition coefficient (Wildman–Crippen LogP) is 4.55. The highest BCUT2D eigenvalue weighted by Gasteiger charge is 2.32. The normalized spacial score (nSPS) is 16.7. The predicted molar refractivity (Wildman–Crippen MR) is 107 cm³/mol. The summed E-state index contributed by atoms with van der Waals surface area (Å²) in [6.07, 6.45) is 3.13. The summed E-state index contributed by atoms with van der Waals surface area (Å²) in [5.74, 6) is -1.84. The third-order valence-corrected chi connectivity index (χ3v) is 5.42. The maximum atomic E-state index is 12.9. The van der Waals surface area contributed by atoms with E-state index in [1.807, 2.05) is 29.2 Å². The zero-order valence-electron chi connectivity index (χ0n) is 14.9. The monoisotopic (exact) mass is 400 g/mol. The number of hydrogen-bond acceptors (Lipinski definition) is 5. The van der Waals surface area contributed by atoms with Gasteiger partial charge in [-0.3, -0.25) is 4.79 Å². The molecule has 3 aromatic rings. The molecule has 0 spiro atoms.